The predicted molar refractivity (Wildman–Crippen MR) is 234 cm³/mol. The second-order valence-electron chi connectivity index (χ2n) is 16.6. The fraction of sp³-hybridized carbons (Fsp3) is 0.720. The van der Waals surface area contributed by atoms with E-state index in [-0.39, 0.29) is 11.1 Å². The summed E-state index contributed by atoms with van der Waals surface area (Å²) in [7, 11) is 0. The minimum atomic E-state index is -0.537. The number of nitrogens with zero attached hydrogens (tertiary/aromatic N) is 1. The average Bonchev–Trinajstić information content (AvgIpc) is 3.44. The Labute approximate surface area is 342 Å². The van der Waals surface area contributed by atoms with Crippen LogP contribution < -0.4 is 14.4 Å². The quantitative estimate of drug-likeness (QED) is 0.0506. The molecule has 2 amide bonds. The van der Waals surface area contributed by atoms with Gasteiger partial charge < -0.3 is 9.47 Å². The molecular formula is C50H80FNO4. The fourth-order valence-electron chi connectivity index (χ4n) is 7.98. The van der Waals surface area contributed by atoms with E-state index in [9.17, 15) is 14.0 Å². The zero-order valence-corrected chi connectivity index (χ0v) is 36.0. The van der Waals surface area contributed by atoms with Crippen LogP contribution in [-0.4, -0.2) is 25.0 Å². The first-order valence-electron chi connectivity index (χ1n) is 23.6. The van der Waals surface area contributed by atoms with Gasteiger partial charge in [-0.3, -0.25) is 9.59 Å². The molecule has 0 bridgehead atoms. The summed E-state index contributed by atoms with van der Waals surface area (Å²) < 4.78 is 26.3. The second kappa shape index (κ2) is 31.1. The number of hydrogen-bond acceptors (Lipinski definition) is 4. The highest BCUT2D eigenvalue weighted by Gasteiger charge is 2.37. The maximum absolute atomic E-state index is 14.0. The predicted octanol–water partition coefficient (Wildman–Crippen LogP) is 15.9. The molecule has 0 saturated carbocycles. The Hall–Kier alpha value is -2.89. The third-order valence-electron chi connectivity index (χ3n) is 11.5. The van der Waals surface area contributed by atoms with Crippen molar-refractivity contribution in [2.75, 3.05) is 18.1 Å². The summed E-state index contributed by atoms with van der Waals surface area (Å²) in [6.45, 7) is 5.68. The lowest BCUT2D eigenvalue weighted by molar-refractivity contribution is 0.0926. The van der Waals surface area contributed by atoms with Gasteiger partial charge >= 0.3 is 0 Å². The number of hydrogen-bond donors (Lipinski definition) is 0. The van der Waals surface area contributed by atoms with Gasteiger partial charge in [0.15, 0.2) is 0 Å². The average molecular weight is 778 g/mol. The number of carbonyl (C=O) groups excluding carboxylic acids is 2. The first-order chi connectivity index (χ1) is 27.5. The summed E-state index contributed by atoms with van der Waals surface area (Å²) in [6.07, 6.45) is 42.2. The minimum Gasteiger partial charge on any atom is -0.493 e. The molecule has 1 aliphatic rings. The highest BCUT2D eigenvalue weighted by Crippen LogP contribution is 2.35. The van der Waals surface area contributed by atoms with Crippen molar-refractivity contribution in [1.82, 2.24) is 0 Å². The van der Waals surface area contributed by atoms with Crippen LogP contribution in [0.2, 0.25) is 0 Å². The molecule has 1 heterocycles. The van der Waals surface area contributed by atoms with E-state index in [2.05, 4.69) is 13.8 Å². The molecule has 2 aromatic carbocycles. The van der Waals surface area contributed by atoms with Gasteiger partial charge in [0.05, 0.1) is 30.0 Å². The molecule has 0 N–H and O–H groups in total. The van der Waals surface area contributed by atoms with Crippen molar-refractivity contribution >= 4 is 17.5 Å². The molecule has 0 unspecified atom stereocenters. The Bertz CT molecular complexity index is 1270. The lowest BCUT2D eigenvalue weighted by atomic mass is 10.0. The number of carbonyl (C=O) groups is 2. The first kappa shape index (κ1) is 47.5. The van der Waals surface area contributed by atoms with E-state index >= 15 is 0 Å². The molecule has 2 aromatic rings. The lowest BCUT2D eigenvalue weighted by Gasteiger charge is -2.18. The third-order valence-corrected chi connectivity index (χ3v) is 11.5. The van der Waals surface area contributed by atoms with Gasteiger partial charge in [0, 0.05) is 18.2 Å². The van der Waals surface area contributed by atoms with Gasteiger partial charge in [0.1, 0.15) is 17.3 Å². The van der Waals surface area contributed by atoms with Gasteiger partial charge in [0.2, 0.25) is 0 Å². The van der Waals surface area contributed by atoms with Crippen LogP contribution in [0.4, 0.5) is 10.1 Å². The number of ether oxygens (including phenoxy) is 2. The van der Waals surface area contributed by atoms with Crippen molar-refractivity contribution in [3.05, 3.63) is 53.3 Å². The van der Waals surface area contributed by atoms with E-state index < -0.39 is 17.6 Å². The summed E-state index contributed by atoms with van der Waals surface area (Å²) >= 11 is 0. The molecule has 6 heteroatoms. The number of anilines is 1. The minimum absolute atomic E-state index is 0.0881. The van der Waals surface area contributed by atoms with Crippen molar-refractivity contribution < 1.29 is 23.5 Å². The molecule has 0 aromatic heterocycles. The molecule has 0 radical (unpaired) electrons. The summed E-state index contributed by atoms with van der Waals surface area (Å²) in [6, 6.07) is 9.06. The Morgan fingerprint density at radius 2 is 0.732 bits per heavy atom. The molecule has 56 heavy (non-hydrogen) atoms. The summed E-state index contributed by atoms with van der Waals surface area (Å²) in [4.78, 5) is 27.7. The van der Waals surface area contributed by atoms with E-state index in [1.54, 1.807) is 12.1 Å². The number of amides is 2. The van der Waals surface area contributed by atoms with Crippen LogP contribution in [0.1, 0.15) is 240 Å². The van der Waals surface area contributed by atoms with Crippen LogP contribution in [0.3, 0.4) is 0 Å². The van der Waals surface area contributed by atoms with Crippen molar-refractivity contribution in [3.63, 3.8) is 0 Å². The molecule has 5 nitrogen and oxygen atoms in total. The SMILES string of the molecule is CCCCCCCCCCCCCCCCCCOc1cc(OCCCCCCCCCCCCCCCCCC)cc(N2C(=O)c3ccc(F)cc3C2=O)c1. The molecule has 316 valence electrons. The van der Waals surface area contributed by atoms with Crippen molar-refractivity contribution in [2.45, 2.75) is 219 Å². The number of rotatable bonds is 37. The Kier molecular flexibility index (Phi) is 26.4. The largest absolute Gasteiger partial charge is 0.493 e. The number of unbranched alkanes of at least 4 members (excludes halogenated alkanes) is 30. The second-order valence-corrected chi connectivity index (χ2v) is 16.6. The third kappa shape index (κ3) is 20.0. The Morgan fingerprint density at radius 3 is 1.09 bits per heavy atom. The van der Waals surface area contributed by atoms with E-state index in [4.69, 9.17) is 9.47 Å². The van der Waals surface area contributed by atoms with Gasteiger partial charge in [-0.15, -0.1) is 0 Å². The van der Waals surface area contributed by atoms with Crippen LogP contribution in [0.5, 0.6) is 11.5 Å². The Balaban J connectivity index is 1.33. The monoisotopic (exact) mass is 778 g/mol. The van der Waals surface area contributed by atoms with E-state index in [1.165, 1.54) is 192 Å². The zero-order valence-electron chi connectivity index (χ0n) is 36.0. The van der Waals surface area contributed by atoms with Crippen LogP contribution in [-0.2, 0) is 0 Å². The number of benzene rings is 2. The molecule has 3 rings (SSSR count). The molecule has 1 aliphatic heterocycles. The normalized spacial score (nSPS) is 12.5. The molecule has 0 atom stereocenters. The maximum atomic E-state index is 14.0. The molecule has 0 fully saturated rings. The summed E-state index contributed by atoms with van der Waals surface area (Å²) in [5.74, 6) is -0.362. The van der Waals surface area contributed by atoms with Gasteiger partial charge in [-0.05, 0) is 31.0 Å². The van der Waals surface area contributed by atoms with Gasteiger partial charge in [-0.2, -0.15) is 0 Å². The van der Waals surface area contributed by atoms with Crippen LogP contribution in [0.25, 0.3) is 0 Å². The van der Waals surface area contributed by atoms with E-state index in [0.717, 1.165) is 36.6 Å². The van der Waals surface area contributed by atoms with Crippen LogP contribution >= 0.6 is 0 Å². The van der Waals surface area contributed by atoms with E-state index in [1.807, 2.05) is 6.07 Å². The number of imide groups is 1. The van der Waals surface area contributed by atoms with Crippen LogP contribution in [0, 0.1) is 5.82 Å². The fourth-order valence-corrected chi connectivity index (χ4v) is 7.98. The molecule has 0 aliphatic carbocycles. The van der Waals surface area contributed by atoms with Crippen molar-refractivity contribution in [2.24, 2.45) is 0 Å². The number of fused-ring (bicyclic) bond motifs is 1. The molecular weight excluding hydrogens is 698 g/mol. The van der Waals surface area contributed by atoms with Crippen molar-refractivity contribution in [1.29, 1.82) is 0 Å². The standard InChI is InChI=1S/C50H80FNO4/c1-3-5-7-9-11-13-15-17-19-21-23-25-27-29-31-33-37-55-45-40-44(52-49(53)47-36-35-43(51)39-48(47)50(52)54)41-46(42-45)56-38-34-32-30-28-26-24-22-20-18-16-14-12-10-8-6-4-2/h35-36,39-42H,3-34,37-38H2,1-2H3. The molecule has 0 spiro atoms. The summed E-state index contributed by atoms with van der Waals surface area (Å²) in [5.41, 5.74) is 0.694. The van der Waals surface area contributed by atoms with Crippen LogP contribution in [0.15, 0.2) is 36.4 Å². The smallest absolute Gasteiger partial charge is 0.266 e. The Morgan fingerprint density at radius 1 is 0.411 bits per heavy atom. The van der Waals surface area contributed by atoms with Gasteiger partial charge in [-0.25, -0.2) is 9.29 Å². The summed E-state index contributed by atoms with van der Waals surface area (Å²) in [5, 5.41) is 0. The highest BCUT2D eigenvalue weighted by atomic mass is 19.1. The highest BCUT2D eigenvalue weighted by molar-refractivity contribution is 6.34. The first-order valence-corrected chi connectivity index (χ1v) is 23.6. The molecule has 0 saturated heterocycles. The van der Waals surface area contributed by atoms with Gasteiger partial charge in [0.25, 0.3) is 11.8 Å². The number of halogens is 1. The van der Waals surface area contributed by atoms with Gasteiger partial charge in [-0.1, -0.05) is 206 Å². The maximum Gasteiger partial charge on any atom is 0.266 e. The topological polar surface area (TPSA) is 55.8 Å². The van der Waals surface area contributed by atoms with Crippen molar-refractivity contribution in [3.8, 4) is 11.5 Å². The lowest BCUT2D eigenvalue weighted by Crippen LogP contribution is -2.29. The van der Waals surface area contributed by atoms with E-state index in [0.29, 0.717) is 30.4 Å². The zero-order chi connectivity index (χ0) is 39.9.